The van der Waals surface area contributed by atoms with Crippen molar-refractivity contribution in [2.75, 3.05) is 11.4 Å². The van der Waals surface area contributed by atoms with E-state index in [1.165, 1.54) is 12.8 Å². The Morgan fingerprint density at radius 3 is 2.94 bits per heavy atom. The Morgan fingerprint density at radius 2 is 2.38 bits per heavy atom. The Morgan fingerprint density at radius 1 is 1.62 bits per heavy atom. The van der Waals surface area contributed by atoms with Gasteiger partial charge in [-0.15, -0.1) is 5.10 Å². The lowest BCUT2D eigenvalue weighted by Gasteiger charge is -2.24. The van der Waals surface area contributed by atoms with Gasteiger partial charge in [0.15, 0.2) is 5.82 Å². The number of nitrogens with two attached hydrogens (primary N) is 1. The molecule has 16 heavy (non-hydrogen) atoms. The number of thiocarbonyl (C=S) groups is 1. The molecule has 1 aromatic heterocycles. The van der Waals surface area contributed by atoms with Crippen LogP contribution in [0.5, 0.6) is 0 Å². The number of hydrogen-bond donors (Lipinski definition) is 1. The molecular weight excluding hydrogens is 220 g/mol. The maximum Gasteiger partial charge on any atom is 0.161 e. The van der Waals surface area contributed by atoms with E-state index < -0.39 is 0 Å². The molecule has 0 radical (unpaired) electrons. The summed E-state index contributed by atoms with van der Waals surface area (Å²) in [5.74, 6) is 0.847. The van der Waals surface area contributed by atoms with Gasteiger partial charge in [-0.3, -0.25) is 0 Å². The van der Waals surface area contributed by atoms with Crippen molar-refractivity contribution in [3.63, 3.8) is 0 Å². The van der Waals surface area contributed by atoms with Gasteiger partial charge < -0.3 is 10.6 Å². The molecule has 1 fully saturated rings. The van der Waals surface area contributed by atoms with Crippen molar-refractivity contribution in [1.29, 1.82) is 0 Å². The first-order chi connectivity index (χ1) is 7.74. The number of nitrogens with zero attached hydrogens (tertiary/aromatic N) is 3. The van der Waals surface area contributed by atoms with E-state index in [0.29, 0.717) is 11.0 Å². The van der Waals surface area contributed by atoms with Gasteiger partial charge in [0.1, 0.15) is 4.99 Å². The van der Waals surface area contributed by atoms with Crippen LogP contribution in [0.15, 0.2) is 12.3 Å². The molecule has 1 aromatic rings. The van der Waals surface area contributed by atoms with Crippen molar-refractivity contribution in [2.24, 2.45) is 5.73 Å². The van der Waals surface area contributed by atoms with Crippen LogP contribution in [0.4, 0.5) is 5.82 Å². The smallest absolute Gasteiger partial charge is 0.161 e. The number of anilines is 1. The molecule has 0 aromatic carbocycles. The number of aromatic nitrogens is 2. The third kappa shape index (κ3) is 2.29. The van der Waals surface area contributed by atoms with Crippen LogP contribution in [0.25, 0.3) is 0 Å². The van der Waals surface area contributed by atoms with E-state index in [2.05, 4.69) is 22.0 Å². The fraction of sp³-hybridized carbons (Fsp3) is 0.545. The molecule has 1 aliphatic carbocycles. The van der Waals surface area contributed by atoms with Crippen LogP contribution in [0.3, 0.4) is 0 Å². The lowest BCUT2D eigenvalue weighted by molar-refractivity contribution is 0.739. The topological polar surface area (TPSA) is 55.0 Å². The SMILES string of the molecule is CCCN(c1nnccc1C(N)=S)C1CC1. The monoisotopic (exact) mass is 236 g/mol. The lowest BCUT2D eigenvalue weighted by atomic mass is 10.2. The van der Waals surface area contributed by atoms with Crippen molar-refractivity contribution in [1.82, 2.24) is 10.2 Å². The highest BCUT2D eigenvalue weighted by Crippen LogP contribution is 2.32. The lowest BCUT2D eigenvalue weighted by Crippen LogP contribution is -2.30. The molecule has 1 aliphatic rings. The third-order valence-electron chi connectivity index (χ3n) is 2.69. The largest absolute Gasteiger partial charge is 0.389 e. The molecule has 1 saturated carbocycles. The summed E-state index contributed by atoms with van der Waals surface area (Å²) < 4.78 is 0. The molecule has 0 aliphatic heterocycles. The van der Waals surface area contributed by atoms with Gasteiger partial charge in [0.2, 0.25) is 0 Å². The Kier molecular flexibility index (Phi) is 3.33. The van der Waals surface area contributed by atoms with Crippen molar-refractivity contribution in [2.45, 2.75) is 32.2 Å². The Bertz CT molecular complexity index is 389. The second kappa shape index (κ2) is 4.74. The molecular formula is C11H16N4S. The molecule has 4 nitrogen and oxygen atoms in total. The summed E-state index contributed by atoms with van der Waals surface area (Å²) in [7, 11) is 0. The molecule has 86 valence electrons. The normalized spacial score (nSPS) is 14.8. The molecule has 0 spiro atoms. The van der Waals surface area contributed by atoms with Crippen LogP contribution in [0.1, 0.15) is 31.7 Å². The molecule has 0 unspecified atom stereocenters. The second-order valence-electron chi connectivity index (χ2n) is 4.06. The van der Waals surface area contributed by atoms with Crippen LogP contribution < -0.4 is 10.6 Å². The van der Waals surface area contributed by atoms with Crippen LogP contribution in [0, 0.1) is 0 Å². The Labute approximate surface area is 101 Å². The maximum atomic E-state index is 5.71. The van der Waals surface area contributed by atoms with Crippen LogP contribution in [-0.4, -0.2) is 27.8 Å². The number of rotatable bonds is 5. The van der Waals surface area contributed by atoms with E-state index in [0.717, 1.165) is 24.3 Å². The first-order valence-corrected chi connectivity index (χ1v) is 6.03. The Hall–Kier alpha value is -1.23. The number of hydrogen-bond acceptors (Lipinski definition) is 4. The molecule has 2 N–H and O–H groups in total. The van der Waals surface area contributed by atoms with E-state index in [1.807, 2.05) is 6.07 Å². The van der Waals surface area contributed by atoms with Gasteiger partial charge in [0.05, 0.1) is 11.8 Å². The summed E-state index contributed by atoms with van der Waals surface area (Å²) in [6, 6.07) is 2.44. The highest BCUT2D eigenvalue weighted by Gasteiger charge is 2.31. The summed E-state index contributed by atoms with van der Waals surface area (Å²) in [4.78, 5) is 2.67. The molecule has 0 amide bonds. The molecule has 5 heteroatoms. The molecule has 0 atom stereocenters. The highest BCUT2D eigenvalue weighted by molar-refractivity contribution is 7.80. The zero-order valence-corrected chi connectivity index (χ0v) is 10.2. The van der Waals surface area contributed by atoms with Crippen molar-refractivity contribution in [3.05, 3.63) is 17.8 Å². The first-order valence-electron chi connectivity index (χ1n) is 5.62. The first kappa shape index (κ1) is 11.3. The van der Waals surface area contributed by atoms with Gasteiger partial charge >= 0.3 is 0 Å². The van der Waals surface area contributed by atoms with Gasteiger partial charge in [-0.2, -0.15) is 5.10 Å². The van der Waals surface area contributed by atoms with Gasteiger partial charge in [-0.05, 0) is 25.3 Å². The minimum absolute atomic E-state index is 0.395. The fourth-order valence-electron chi connectivity index (χ4n) is 1.82. The summed E-state index contributed by atoms with van der Waals surface area (Å²) >= 11 is 5.04. The van der Waals surface area contributed by atoms with Gasteiger partial charge in [0.25, 0.3) is 0 Å². The van der Waals surface area contributed by atoms with E-state index in [9.17, 15) is 0 Å². The average molecular weight is 236 g/mol. The predicted molar refractivity (Wildman–Crippen MR) is 68.6 cm³/mol. The average Bonchev–Trinajstić information content (AvgIpc) is 3.10. The third-order valence-corrected chi connectivity index (χ3v) is 2.91. The van der Waals surface area contributed by atoms with E-state index in [-0.39, 0.29) is 0 Å². The Balaban J connectivity index is 2.32. The highest BCUT2D eigenvalue weighted by atomic mass is 32.1. The minimum atomic E-state index is 0.395. The summed E-state index contributed by atoms with van der Waals surface area (Å²) in [6.45, 7) is 3.14. The van der Waals surface area contributed by atoms with E-state index in [1.54, 1.807) is 6.20 Å². The summed E-state index contributed by atoms with van der Waals surface area (Å²) in [5, 5.41) is 8.12. The minimum Gasteiger partial charge on any atom is -0.389 e. The molecule has 0 bridgehead atoms. The van der Waals surface area contributed by atoms with Gasteiger partial charge in [-0.1, -0.05) is 19.1 Å². The van der Waals surface area contributed by atoms with E-state index >= 15 is 0 Å². The zero-order valence-electron chi connectivity index (χ0n) is 9.39. The van der Waals surface area contributed by atoms with Crippen molar-refractivity contribution < 1.29 is 0 Å². The second-order valence-corrected chi connectivity index (χ2v) is 4.50. The van der Waals surface area contributed by atoms with Crippen molar-refractivity contribution >= 4 is 23.0 Å². The van der Waals surface area contributed by atoms with Crippen LogP contribution in [0.2, 0.25) is 0 Å². The standard InChI is InChI=1S/C11H16N4S/c1-2-7-15(8-3-4-8)11-9(10(12)16)5-6-13-14-11/h5-6,8H,2-4,7H2,1H3,(H2,12,16). The van der Waals surface area contributed by atoms with Crippen LogP contribution >= 0.6 is 12.2 Å². The summed E-state index contributed by atoms with van der Waals surface area (Å²) in [5.41, 5.74) is 6.54. The predicted octanol–water partition coefficient (Wildman–Crippen LogP) is 1.49. The van der Waals surface area contributed by atoms with Crippen molar-refractivity contribution in [3.8, 4) is 0 Å². The summed E-state index contributed by atoms with van der Waals surface area (Å²) in [6.07, 6.45) is 5.18. The molecule has 2 rings (SSSR count). The van der Waals surface area contributed by atoms with E-state index in [4.69, 9.17) is 18.0 Å². The van der Waals surface area contributed by atoms with Gasteiger partial charge in [-0.25, -0.2) is 0 Å². The molecule has 1 heterocycles. The zero-order chi connectivity index (χ0) is 11.5. The van der Waals surface area contributed by atoms with Crippen LogP contribution in [-0.2, 0) is 0 Å². The molecule has 0 saturated heterocycles. The van der Waals surface area contributed by atoms with Gasteiger partial charge in [0, 0.05) is 12.6 Å². The maximum absolute atomic E-state index is 5.71. The fourth-order valence-corrected chi connectivity index (χ4v) is 1.98. The quantitative estimate of drug-likeness (QED) is 0.785.